The summed E-state index contributed by atoms with van der Waals surface area (Å²) in [5.74, 6) is -1.09. The largest absolute Gasteiger partial charge is 0.478 e. The second-order valence-corrected chi connectivity index (χ2v) is 6.60. The van der Waals surface area contributed by atoms with Gasteiger partial charge in [0.2, 0.25) is 0 Å². The maximum absolute atomic E-state index is 11.7. The van der Waals surface area contributed by atoms with Crippen LogP contribution in [0.4, 0.5) is 10.5 Å². The Kier molecular flexibility index (Phi) is 5.56. The Labute approximate surface area is 126 Å². The van der Waals surface area contributed by atoms with Crippen LogP contribution in [-0.4, -0.2) is 23.7 Å². The minimum absolute atomic E-state index is 0.0466. The molecule has 0 heterocycles. The number of carbonyl (C=O) groups excluding carboxylic acids is 1. The highest BCUT2D eigenvalue weighted by atomic mass is 79.9. The summed E-state index contributed by atoms with van der Waals surface area (Å²) in [4.78, 5) is 22.8. The van der Waals surface area contributed by atoms with E-state index in [-0.39, 0.29) is 16.7 Å². The molecule has 1 rings (SSSR count). The fraction of sp³-hybridized carbons (Fsp3) is 0.429. The summed E-state index contributed by atoms with van der Waals surface area (Å²) in [6.45, 7) is 6.80. The van der Waals surface area contributed by atoms with E-state index in [1.54, 1.807) is 12.1 Å². The molecule has 0 unspecified atom stereocenters. The molecule has 0 fully saturated rings. The lowest BCUT2D eigenvalue weighted by Crippen LogP contribution is -2.31. The number of benzene rings is 1. The zero-order chi connectivity index (χ0) is 15.3. The molecule has 1 aromatic carbocycles. The second-order valence-electron chi connectivity index (χ2n) is 5.69. The Balaban J connectivity index is 2.64. The summed E-state index contributed by atoms with van der Waals surface area (Å²) >= 11 is 3.20. The highest BCUT2D eigenvalue weighted by Crippen LogP contribution is 2.21. The number of urea groups is 1. The molecular formula is C14H19BrN2O3. The molecule has 0 saturated heterocycles. The normalized spacial score (nSPS) is 11.0. The van der Waals surface area contributed by atoms with Gasteiger partial charge in [0.05, 0.1) is 11.3 Å². The van der Waals surface area contributed by atoms with Crippen LogP contribution in [-0.2, 0) is 0 Å². The fourth-order valence-corrected chi connectivity index (χ4v) is 1.88. The number of aromatic carboxylic acids is 1. The van der Waals surface area contributed by atoms with Gasteiger partial charge in [-0.2, -0.15) is 0 Å². The van der Waals surface area contributed by atoms with Crippen molar-refractivity contribution in [2.45, 2.75) is 27.2 Å². The van der Waals surface area contributed by atoms with Crippen LogP contribution in [0.25, 0.3) is 0 Å². The van der Waals surface area contributed by atoms with Crippen LogP contribution in [0.5, 0.6) is 0 Å². The van der Waals surface area contributed by atoms with Gasteiger partial charge in [0.25, 0.3) is 0 Å². The van der Waals surface area contributed by atoms with E-state index in [9.17, 15) is 9.59 Å². The minimum Gasteiger partial charge on any atom is -0.478 e. The van der Waals surface area contributed by atoms with E-state index < -0.39 is 12.0 Å². The van der Waals surface area contributed by atoms with Crippen LogP contribution in [0, 0.1) is 5.41 Å². The molecule has 3 N–H and O–H groups in total. The Morgan fingerprint density at radius 3 is 2.50 bits per heavy atom. The third-order valence-corrected chi connectivity index (χ3v) is 3.11. The standard InChI is InChI=1S/C14H19BrN2O3/c1-14(2,3)6-7-16-13(20)17-11-5-4-9(15)8-10(11)12(18)19/h4-5,8H,6-7H2,1-3H3,(H,18,19)(H2,16,17,20). The number of anilines is 1. The molecule has 0 aliphatic rings. The molecule has 2 amide bonds. The molecule has 110 valence electrons. The third kappa shape index (κ3) is 5.61. The average molecular weight is 343 g/mol. The first-order valence-electron chi connectivity index (χ1n) is 6.27. The first kappa shape index (κ1) is 16.5. The first-order chi connectivity index (χ1) is 9.19. The lowest BCUT2D eigenvalue weighted by atomic mass is 9.92. The second kappa shape index (κ2) is 6.74. The molecule has 6 heteroatoms. The summed E-state index contributed by atoms with van der Waals surface area (Å²) < 4.78 is 0.647. The van der Waals surface area contributed by atoms with E-state index in [4.69, 9.17) is 5.11 Å². The van der Waals surface area contributed by atoms with Crippen molar-refractivity contribution in [2.75, 3.05) is 11.9 Å². The van der Waals surface area contributed by atoms with Crippen molar-refractivity contribution in [3.05, 3.63) is 28.2 Å². The number of carbonyl (C=O) groups is 2. The Morgan fingerprint density at radius 1 is 1.30 bits per heavy atom. The number of rotatable bonds is 4. The van der Waals surface area contributed by atoms with E-state index in [0.717, 1.165) is 6.42 Å². The van der Waals surface area contributed by atoms with Gasteiger partial charge in [-0.1, -0.05) is 36.7 Å². The summed E-state index contributed by atoms with van der Waals surface area (Å²) in [7, 11) is 0. The van der Waals surface area contributed by atoms with Gasteiger partial charge in [0, 0.05) is 11.0 Å². The summed E-state index contributed by atoms with van der Waals surface area (Å²) in [5.41, 5.74) is 0.455. The molecule has 0 aliphatic heterocycles. The van der Waals surface area contributed by atoms with Crippen molar-refractivity contribution < 1.29 is 14.7 Å². The molecule has 0 saturated carbocycles. The zero-order valence-electron chi connectivity index (χ0n) is 11.8. The van der Waals surface area contributed by atoms with Gasteiger partial charge in [0.15, 0.2) is 0 Å². The fourth-order valence-electron chi connectivity index (χ4n) is 1.52. The molecule has 20 heavy (non-hydrogen) atoms. The van der Waals surface area contributed by atoms with Gasteiger partial charge < -0.3 is 15.7 Å². The summed E-state index contributed by atoms with van der Waals surface area (Å²) in [6.07, 6.45) is 0.840. The van der Waals surface area contributed by atoms with Crippen LogP contribution in [0.2, 0.25) is 0 Å². The van der Waals surface area contributed by atoms with Crippen molar-refractivity contribution in [1.82, 2.24) is 5.32 Å². The molecule has 0 spiro atoms. The Morgan fingerprint density at radius 2 is 1.95 bits per heavy atom. The number of halogens is 1. The number of hydrogen-bond donors (Lipinski definition) is 3. The maximum atomic E-state index is 11.7. The number of amides is 2. The van der Waals surface area contributed by atoms with Gasteiger partial charge in [-0.25, -0.2) is 9.59 Å². The lowest BCUT2D eigenvalue weighted by Gasteiger charge is -2.18. The zero-order valence-corrected chi connectivity index (χ0v) is 13.4. The predicted octanol–water partition coefficient (Wildman–Crippen LogP) is 3.71. The molecule has 0 radical (unpaired) electrons. The molecule has 1 aromatic rings. The third-order valence-electron chi connectivity index (χ3n) is 2.62. The van der Waals surface area contributed by atoms with Gasteiger partial charge in [-0.05, 0) is 30.0 Å². The highest BCUT2D eigenvalue weighted by Gasteiger charge is 2.14. The minimum atomic E-state index is -1.09. The van der Waals surface area contributed by atoms with Gasteiger partial charge in [-0.15, -0.1) is 0 Å². The Hall–Kier alpha value is -1.56. The quantitative estimate of drug-likeness (QED) is 0.780. The number of carboxylic acids is 1. The summed E-state index contributed by atoms with van der Waals surface area (Å²) in [6, 6.07) is 4.28. The van der Waals surface area contributed by atoms with Crippen LogP contribution in [0.3, 0.4) is 0 Å². The monoisotopic (exact) mass is 342 g/mol. The molecular weight excluding hydrogens is 324 g/mol. The maximum Gasteiger partial charge on any atom is 0.337 e. The smallest absolute Gasteiger partial charge is 0.337 e. The number of carboxylic acid groups (broad SMARTS) is 1. The molecule has 0 atom stereocenters. The van der Waals surface area contributed by atoms with Crippen LogP contribution in [0.15, 0.2) is 22.7 Å². The van der Waals surface area contributed by atoms with Crippen LogP contribution in [0.1, 0.15) is 37.6 Å². The van der Waals surface area contributed by atoms with E-state index in [1.165, 1.54) is 6.07 Å². The van der Waals surface area contributed by atoms with Gasteiger partial charge in [-0.3, -0.25) is 0 Å². The van der Waals surface area contributed by atoms with Crippen LogP contribution < -0.4 is 10.6 Å². The average Bonchev–Trinajstić information content (AvgIpc) is 2.29. The van der Waals surface area contributed by atoms with E-state index in [2.05, 4.69) is 47.3 Å². The predicted molar refractivity (Wildman–Crippen MR) is 82.2 cm³/mol. The lowest BCUT2D eigenvalue weighted by molar-refractivity contribution is 0.0698. The topological polar surface area (TPSA) is 78.4 Å². The first-order valence-corrected chi connectivity index (χ1v) is 7.06. The van der Waals surface area contributed by atoms with Crippen molar-refractivity contribution in [3.8, 4) is 0 Å². The molecule has 0 aromatic heterocycles. The van der Waals surface area contributed by atoms with Crippen molar-refractivity contribution >= 4 is 33.6 Å². The number of nitrogens with one attached hydrogen (secondary N) is 2. The van der Waals surface area contributed by atoms with Crippen molar-refractivity contribution in [2.24, 2.45) is 5.41 Å². The number of hydrogen-bond acceptors (Lipinski definition) is 2. The van der Waals surface area contributed by atoms with Gasteiger partial charge in [0.1, 0.15) is 0 Å². The molecule has 0 aliphatic carbocycles. The molecule has 5 nitrogen and oxygen atoms in total. The van der Waals surface area contributed by atoms with E-state index >= 15 is 0 Å². The van der Waals surface area contributed by atoms with Crippen molar-refractivity contribution in [3.63, 3.8) is 0 Å². The van der Waals surface area contributed by atoms with Gasteiger partial charge >= 0.3 is 12.0 Å². The van der Waals surface area contributed by atoms with E-state index in [1.807, 2.05) is 0 Å². The van der Waals surface area contributed by atoms with Crippen molar-refractivity contribution in [1.29, 1.82) is 0 Å². The highest BCUT2D eigenvalue weighted by molar-refractivity contribution is 9.10. The SMILES string of the molecule is CC(C)(C)CCNC(=O)Nc1ccc(Br)cc1C(=O)O. The van der Waals surface area contributed by atoms with Crippen LogP contribution >= 0.6 is 15.9 Å². The summed E-state index contributed by atoms with van der Waals surface area (Å²) in [5, 5.41) is 14.4. The Bertz CT molecular complexity index is 510. The van der Waals surface area contributed by atoms with E-state index in [0.29, 0.717) is 11.0 Å². The molecule has 0 bridgehead atoms.